The van der Waals surface area contributed by atoms with Crippen molar-refractivity contribution in [1.29, 1.82) is 0 Å². The van der Waals surface area contributed by atoms with E-state index in [9.17, 15) is 0 Å². The summed E-state index contributed by atoms with van der Waals surface area (Å²) in [5.41, 5.74) is 1.26. The van der Waals surface area contributed by atoms with Gasteiger partial charge in [-0.15, -0.1) is 16.4 Å². The summed E-state index contributed by atoms with van der Waals surface area (Å²) < 4.78 is 0. The molecule has 1 fully saturated rings. The van der Waals surface area contributed by atoms with E-state index in [0.29, 0.717) is 0 Å². The van der Waals surface area contributed by atoms with Gasteiger partial charge < -0.3 is 10.2 Å². The van der Waals surface area contributed by atoms with Crippen molar-refractivity contribution in [3.05, 3.63) is 17.0 Å². The van der Waals surface area contributed by atoms with E-state index in [1.165, 1.54) is 23.3 Å². The van der Waals surface area contributed by atoms with E-state index < -0.39 is 0 Å². The van der Waals surface area contributed by atoms with Gasteiger partial charge >= 0.3 is 0 Å². The molecule has 6 heteroatoms. The molecule has 0 aliphatic carbocycles. The summed E-state index contributed by atoms with van der Waals surface area (Å²) in [6.45, 7) is 5.32. The van der Waals surface area contributed by atoms with Gasteiger partial charge in [0, 0.05) is 13.1 Å². The van der Waals surface area contributed by atoms with E-state index in [2.05, 4.69) is 43.8 Å². The number of anilines is 1. The van der Waals surface area contributed by atoms with Crippen LogP contribution in [-0.2, 0) is 0 Å². The minimum absolute atomic E-state index is 0.786. The largest absolute Gasteiger partial charge is 0.340 e. The molecule has 3 heterocycles. The maximum absolute atomic E-state index is 4.66. The van der Waals surface area contributed by atoms with Crippen molar-refractivity contribution in [3.63, 3.8) is 0 Å². The van der Waals surface area contributed by atoms with Crippen LogP contribution < -0.4 is 10.2 Å². The number of thiophene rings is 1. The van der Waals surface area contributed by atoms with Crippen LogP contribution in [0.25, 0.3) is 10.7 Å². The maximum atomic E-state index is 4.66. The Morgan fingerprint density at radius 1 is 1.45 bits per heavy atom. The van der Waals surface area contributed by atoms with Gasteiger partial charge in [0.15, 0.2) is 5.82 Å². The molecule has 0 spiro atoms. The van der Waals surface area contributed by atoms with Crippen LogP contribution in [0.5, 0.6) is 0 Å². The Morgan fingerprint density at radius 2 is 2.25 bits per heavy atom. The highest BCUT2D eigenvalue weighted by atomic mass is 32.1. The summed E-state index contributed by atoms with van der Waals surface area (Å²) in [7, 11) is 2.03. The normalized spacial score (nSPS) is 16.8. The molecule has 1 aliphatic heterocycles. The third-order valence-corrected chi connectivity index (χ3v) is 4.96. The molecule has 20 heavy (non-hydrogen) atoms. The number of rotatable bonds is 4. The van der Waals surface area contributed by atoms with Crippen molar-refractivity contribution < 1.29 is 0 Å². The number of aromatic amines is 1. The van der Waals surface area contributed by atoms with Crippen molar-refractivity contribution >= 4 is 17.3 Å². The van der Waals surface area contributed by atoms with Gasteiger partial charge in [-0.05, 0) is 56.3 Å². The van der Waals surface area contributed by atoms with Crippen molar-refractivity contribution in [2.45, 2.75) is 19.8 Å². The Morgan fingerprint density at radius 3 is 2.90 bits per heavy atom. The number of nitrogens with zero attached hydrogens (tertiary/aromatic N) is 3. The zero-order chi connectivity index (χ0) is 13.9. The summed E-state index contributed by atoms with van der Waals surface area (Å²) in [6.07, 6.45) is 2.42. The Bertz CT molecular complexity index is 553. The van der Waals surface area contributed by atoms with Gasteiger partial charge in [-0.25, -0.2) is 0 Å². The number of aromatic nitrogens is 3. The van der Waals surface area contributed by atoms with Gasteiger partial charge in [-0.3, -0.25) is 5.10 Å². The first-order chi connectivity index (χ1) is 9.78. The van der Waals surface area contributed by atoms with Crippen molar-refractivity contribution in [2.75, 3.05) is 31.6 Å². The molecule has 108 valence electrons. The Kier molecular flexibility index (Phi) is 4.03. The minimum atomic E-state index is 0.786. The first kappa shape index (κ1) is 13.6. The van der Waals surface area contributed by atoms with Crippen LogP contribution in [0.4, 0.5) is 5.95 Å². The lowest BCUT2D eigenvalue weighted by Crippen LogP contribution is -2.37. The SMILES string of the molecule is CNCC1CCN(c2n[nH]c(-c3sccc3C)n2)CC1. The van der Waals surface area contributed by atoms with E-state index in [1.54, 1.807) is 11.3 Å². The fourth-order valence-electron chi connectivity index (χ4n) is 2.74. The second-order valence-corrected chi connectivity index (χ2v) is 6.32. The highest BCUT2D eigenvalue weighted by Gasteiger charge is 2.21. The Labute approximate surface area is 123 Å². The zero-order valence-corrected chi connectivity index (χ0v) is 12.8. The van der Waals surface area contributed by atoms with E-state index in [0.717, 1.165) is 37.3 Å². The van der Waals surface area contributed by atoms with Gasteiger partial charge in [0.2, 0.25) is 5.95 Å². The Balaban J connectivity index is 1.68. The van der Waals surface area contributed by atoms with Crippen LogP contribution in [0.15, 0.2) is 11.4 Å². The third-order valence-electron chi connectivity index (χ3n) is 3.94. The molecule has 0 saturated carbocycles. The van der Waals surface area contributed by atoms with Gasteiger partial charge in [0.1, 0.15) is 0 Å². The molecule has 5 nitrogen and oxygen atoms in total. The zero-order valence-electron chi connectivity index (χ0n) is 12.0. The van der Waals surface area contributed by atoms with Crippen LogP contribution in [0.1, 0.15) is 18.4 Å². The molecule has 3 rings (SSSR count). The number of aryl methyl sites for hydroxylation is 1. The minimum Gasteiger partial charge on any atom is -0.340 e. The molecule has 0 aromatic carbocycles. The highest BCUT2D eigenvalue weighted by molar-refractivity contribution is 7.13. The molecule has 2 aromatic rings. The predicted molar refractivity (Wildman–Crippen MR) is 83.3 cm³/mol. The van der Waals surface area contributed by atoms with Crippen molar-refractivity contribution in [1.82, 2.24) is 20.5 Å². The molecule has 2 N–H and O–H groups in total. The van der Waals surface area contributed by atoms with Crippen LogP contribution in [0, 0.1) is 12.8 Å². The first-order valence-corrected chi connectivity index (χ1v) is 8.02. The molecule has 0 bridgehead atoms. The fourth-order valence-corrected chi connectivity index (χ4v) is 3.60. The van der Waals surface area contributed by atoms with Crippen LogP contribution in [0.3, 0.4) is 0 Å². The number of nitrogens with one attached hydrogen (secondary N) is 2. The molecular formula is C14H21N5S. The fraction of sp³-hybridized carbons (Fsp3) is 0.571. The topological polar surface area (TPSA) is 56.8 Å². The number of H-pyrrole nitrogens is 1. The molecule has 0 radical (unpaired) electrons. The molecule has 2 aromatic heterocycles. The van der Waals surface area contributed by atoms with Gasteiger partial charge in [-0.1, -0.05) is 0 Å². The molecule has 0 unspecified atom stereocenters. The van der Waals surface area contributed by atoms with E-state index >= 15 is 0 Å². The van der Waals surface area contributed by atoms with E-state index in [1.807, 2.05) is 7.05 Å². The van der Waals surface area contributed by atoms with E-state index in [4.69, 9.17) is 0 Å². The van der Waals surface area contributed by atoms with Gasteiger partial charge in [-0.2, -0.15) is 4.98 Å². The third kappa shape index (κ3) is 2.71. The van der Waals surface area contributed by atoms with Crippen molar-refractivity contribution in [3.8, 4) is 10.7 Å². The first-order valence-electron chi connectivity index (χ1n) is 7.14. The second kappa shape index (κ2) is 5.93. The maximum Gasteiger partial charge on any atom is 0.245 e. The lowest BCUT2D eigenvalue weighted by molar-refractivity contribution is 0.391. The molecule has 1 aliphatic rings. The van der Waals surface area contributed by atoms with Crippen LogP contribution in [-0.4, -0.2) is 41.9 Å². The van der Waals surface area contributed by atoms with Crippen LogP contribution >= 0.6 is 11.3 Å². The van der Waals surface area contributed by atoms with Gasteiger partial charge in [0.05, 0.1) is 4.88 Å². The molecular weight excluding hydrogens is 270 g/mol. The average molecular weight is 291 g/mol. The number of hydrogen-bond acceptors (Lipinski definition) is 5. The summed E-state index contributed by atoms with van der Waals surface area (Å²) in [5.74, 6) is 2.52. The quantitative estimate of drug-likeness (QED) is 0.907. The standard InChI is InChI=1S/C14H21N5S/c1-10-5-8-20-12(10)13-16-14(18-17-13)19-6-3-11(4-7-19)9-15-2/h5,8,11,15H,3-4,6-7,9H2,1-2H3,(H,16,17,18). The number of piperidine rings is 1. The van der Waals surface area contributed by atoms with Crippen LogP contribution in [0.2, 0.25) is 0 Å². The summed E-state index contributed by atoms with van der Waals surface area (Å²) in [5, 5.41) is 12.8. The molecule has 0 amide bonds. The van der Waals surface area contributed by atoms with Gasteiger partial charge in [0.25, 0.3) is 0 Å². The predicted octanol–water partition coefficient (Wildman–Crippen LogP) is 2.28. The van der Waals surface area contributed by atoms with E-state index in [-0.39, 0.29) is 0 Å². The summed E-state index contributed by atoms with van der Waals surface area (Å²) in [6, 6.07) is 2.12. The second-order valence-electron chi connectivity index (χ2n) is 5.40. The summed E-state index contributed by atoms with van der Waals surface area (Å²) >= 11 is 1.71. The van der Waals surface area contributed by atoms with Crippen molar-refractivity contribution in [2.24, 2.45) is 5.92 Å². The highest BCUT2D eigenvalue weighted by Crippen LogP contribution is 2.28. The molecule has 1 saturated heterocycles. The smallest absolute Gasteiger partial charge is 0.245 e. The summed E-state index contributed by atoms with van der Waals surface area (Å²) in [4.78, 5) is 8.14. The average Bonchev–Trinajstić information content (AvgIpc) is 3.08. The lowest BCUT2D eigenvalue weighted by atomic mass is 9.97. The monoisotopic (exact) mass is 291 g/mol. The Hall–Kier alpha value is -1.40. The lowest BCUT2D eigenvalue weighted by Gasteiger charge is -2.30. The number of hydrogen-bond donors (Lipinski definition) is 2. The molecule has 0 atom stereocenters.